The van der Waals surface area contributed by atoms with Crippen molar-refractivity contribution in [2.24, 2.45) is 0 Å². The zero-order valence-corrected chi connectivity index (χ0v) is 13.0. The summed E-state index contributed by atoms with van der Waals surface area (Å²) in [6.07, 6.45) is 0. The van der Waals surface area contributed by atoms with Crippen molar-refractivity contribution < 1.29 is 9.21 Å². The molecule has 3 rings (SSSR count). The average Bonchev–Trinajstić information content (AvgIpc) is 2.81. The van der Waals surface area contributed by atoms with Crippen LogP contribution < -0.4 is 0 Å². The highest BCUT2D eigenvalue weighted by molar-refractivity contribution is 9.10. The molecule has 0 aliphatic heterocycles. The van der Waals surface area contributed by atoms with Crippen molar-refractivity contribution in [3.05, 3.63) is 68.8 Å². The fourth-order valence-corrected chi connectivity index (χ4v) is 2.94. The second kappa shape index (κ2) is 5.08. The smallest absolute Gasteiger partial charge is 0.229 e. The zero-order chi connectivity index (χ0) is 14.3. The third-order valence-electron chi connectivity index (χ3n) is 3.07. The molecule has 0 saturated carbocycles. The number of benzene rings is 2. The number of rotatable bonds is 2. The summed E-state index contributed by atoms with van der Waals surface area (Å²) in [4.78, 5) is 12.5. The largest absolute Gasteiger partial charge is 0.453 e. The van der Waals surface area contributed by atoms with Crippen LogP contribution in [0.5, 0.6) is 0 Å². The van der Waals surface area contributed by atoms with E-state index in [1.54, 1.807) is 24.3 Å². The van der Waals surface area contributed by atoms with Gasteiger partial charge >= 0.3 is 0 Å². The van der Waals surface area contributed by atoms with Crippen LogP contribution in [0.3, 0.4) is 0 Å². The van der Waals surface area contributed by atoms with E-state index in [4.69, 9.17) is 16.0 Å². The number of fused-ring (bicyclic) bond motifs is 1. The minimum absolute atomic E-state index is 0.164. The Kier molecular flexibility index (Phi) is 3.40. The lowest BCUT2D eigenvalue weighted by atomic mass is 10.1. The maximum absolute atomic E-state index is 12.5. The lowest BCUT2D eigenvalue weighted by Gasteiger charge is -2.01. The molecule has 0 aliphatic carbocycles. The molecule has 0 atom stereocenters. The molecule has 4 heteroatoms. The van der Waals surface area contributed by atoms with Crippen LogP contribution in [0.25, 0.3) is 11.0 Å². The van der Waals surface area contributed by atoms with Gasteiger partial charge in [-0.05, 0) is 59.3 Å². The monoisotopic (exact) mass is 348 g/mol. The Morgan fingerprint density at radius 3 is 2.70 bits per heavy atom. The summed E-state index contributed by atoms with van der Waals surface area (Å²) in [5.74, 6) is 0.163. The Balaban J connectivity index is 2.08. The number of halogens is 2. The first-order valence-electron chi connectivity index (χ1n) is 6.04. The van der Waals surface area contributed by atoms with Crippen LogP contribution in [-0.2, 0) is 0 Å². The van der Waals surface area contributed by atoms with E-state index >= 15 is 0 Å². The normalized spacial score (nSPS) is 10.9. The van der Waals surface area contributed by atoms with Crippen LogP contribution >= 0.6 is 27.5 Å². The van der Waals surface area contributed by atoms with Crippen molar-refractivity contribution in [1.29, 1.82) is 0 Å². The molecule has 0 N–H and O–H groups in total. The number of carbonyl (C=O) groups excluding carboxylic acids is 1. The van der Waals surface area contributed by atoms with E-state index in [9.17, 15) is 4.79 Å². The van der Waals surface area contributed by atoms with Crippen molar-refractivity contribution >= 4 is 44.3 Å². The van der Waals surface area contributed by atoms with Crippen LogP contribution in [0, 0.1) is 6.92 Å². The fourth-order valence-electron chi connectivity index (χ4n) is 2.08. The predicted molar refractivity (Wildman–Crippen MR) is 83.5 cm³/mol. The van der Waals surface area contributed by atoms with Gasteiger partial charge < -0.3 is 4.42 Å². The SMILES string of the molecule is Cc1ccc2oc(C(=O)c3ccc(Cl)cc3Br)cc2c1. The van der Waals surface area contributed by atoms with E-state index < -0.39 is 0 Å². The predicted octanol–water partition coefficient (Wildman–Crippen LogP) is 5.39. The quantitative estimate of drug-likeness (QED) is 0.581. The first-order chi connectivity index (χ1) is 9.54. The summed E-state index contributed by atoms with van der Waals surface area (Å²) < 4.78 is 6.28. The summed E-state index contributed by atoms with van der Waals surface area (Å²) in [5.41, 5.74) is 2.37. The summed E-state index contributed by atoms with van der Waals surface area (Å²) in [6, 6.07) is 12.7. The molecule has 3 aromatic rings. The van der Waals surface area contributed by atoms with Gasteiger partial charge in [0.05, 0.1) is 0 Å². The van der Waals surface area contributed by atoms with Gasteiger partial charge in [0, 0.05) is 20.4 Å². The molecule has 2 aromatic carbocycles. The third kappa shape index (κ3) is 2.39. The van der Waals surface area contributed by atoms with Gasteiger partial charge in [-0.1, -0.05) is 23.2 Å². The van der Waals surface area contributed by atoms with Gasteiger partial charge in [0.15, 0.2) is 5.76 Å². The molecule has 1 heterocycles. The molecule has 100 valence electrons. The van der Waals surface area contributed by atoms with E-state index in [0.717, 1.165) is 10.9 Å². The van der Waals surface area contributed by atoms with Crippen LogP contribution in [0.2, 0.25) is 5.02 Å². The summed E-state index contributed by atoms with van der Waals surface area (Å²) >= 11 is 9.24. The van der Waals surface area contributed by atoms with Crippen LogP contribution in [0.4, 0.5) is 0 Å². The van der Waals surface area contributed by atoms with Gasteiger partial charge in [-0.25, -0.2) is 0 Å². The number of furan rings is 1. The van der Waals surface area contributed by atoms with Gasteiger partial charge in [0.25, 0.3) is 0 Å². The Morgan fingerprint density at radius 2 is 1.95 bits per heavy atom. The van der Waals surface area contributed by atoms with Crippen molar-refractivity contribution in [2.75, 3.05) is 0 Å². The Labute approximate surface area is 129 Å². The van der Waals surface area contributed by atoms with Crippen molar-refractivity contribution in [1.82, 2.24) is 0 Å². The molecule has 0 fully saturated rings. The lowest BCUT2D eigenvalue weighted by molar-refractivity contribution is 0.101. The van der Waals surface area contributed by atoms with E-state index in [-0.39, 0.29) is 5.78 Å². The molecule has 0 bridgehead atoms. The topological polar surface area (TPSA) is 30.2 Å². The Morgan fingerprint density at radius 1 is 1.15 bits per heavy atom. The zero-order valence-electron chi connectivity index (χ0n) is 10.6. The molecular formula is C16H10BrClO2. The Hall–Kier alpha value is -1.58. The van der Waals surface area contributed by atoms with Crippen LogP contribution in [0.15, 0.2) is 51.4 Å². The molecule has 0 aliphatic rings. The van der Waals surface area contributed by atoms with Crippen molar-refractivity contribution in [2.45, 2.75) is 6.92 Å². The summed E-state index contributed by atoms with van der Waals surface area (Å²) in [6.45, 7) is 2.00. The maximum atomic E-state index is 12.5. The molecular weight excluding hydrogens is 340 g/mol. The molecule has 0 unspecified atom stereocenters. The second-order valence-electron chi connectivity index (χ2n) is 4.61. The highest BCUT2D eigenvalue weighted by Crippen LogP contribution is 2.27. The maximum Gasteiger partial charge on any atom is 0.229 e. The van der Waals surface area contributed by atoms with E-state index in [1.807, 2.05) is 25.1 Å². The molecule has 1 aromatic heterocycles. The first kappa shape index (κ1) is 13.4. The van der Waals surface area contributed by atoms with Gasteiger partial charge in [-0.15, -0.1) is 0 Å². The average molecular weight is 350 g/mol. The van der Waals surface area contributed by atoms with Gasteiger partial charge in [-0.2, -0.15) is 0 Å². The van der Waals surface area contributed by atoms with Crippen LogP contribution in [0.1, 0.15) is 21.7 Å². The molecule has 2 nitrogen and oxygen atoms in total. The number of hydrogen-bond acceptors (Lipinski definition) is 2. The first-order valence-corrected chi connectivity index (χ1v) is 7.21. The highest BCUT2D eigenvalue weighted by atomic mass is 79.9. The molecule has 0 saturated heterocycles. The summed E-state index contributed by atoms with van der Waals surface area (Å²) in [5, 5.41) is 1.51. The number of ketones is 1. The molecule has 20 heavy (non-hydrogen) atoms. The molecule has 0 radical (unpaired) electrons. The van der Waals surface area contributed by atoms with Gasteiger partial charge in [0.2, 0.25) is 5.78 Å². The van der Waals surface area contributed by atoms with Crippen LogP contribution in [-0.4, -0.2) is 5.78 Å². The number of hydrogen-bond donors (Lipinski definition) is 0. The standard InChI is InChI=1S/C16H10BrClO2/c1-9-2-5-14-10(6-9)7-15(20-14)16(19)12-4-3-11(18)8-13(12)17/h2-8H,1H3. The van der Waals surface area contributed by atoms with E-state index in [2.05, 4.69) is 15.9 Å². The second-order valence-corrected chi connectivity index (χ2v) is 5.90. The lowest BCUT2D eigenvalue weighted by Crippen LogP contribution is -2.00. The van der Waals surface area contributed by atoms with Gasteiger partial charge in [0.1, 0.15) is 5.58 Å². The van der Waals surface area contributed by atoms with E-state index in [0.29, 0.717) is 26.4 Å². The Bertz CT molecular complexity index is 820. The highest BCUT2D eigenvalue weighted by Gasteiger charge is 2.17. The minimum atomic E-state index is -0.164. The molecule has 0 spiro atoms. The van der Waals surface area contributed by atoms with Gasteiger partial charge in [-0.3, -0.25) is 4.79 Å². The van der Waals surface area contributed by atoms with E-state index in [1.165, 1.54) is 0 Å². The third-order valence-corrected chi connectivity index (χ3v) is 3.96. The van der Waals surface area contributed by atoms with Crippen molar-refractivity contribution in [3.8, 4) is 0 Å². The number of carbonyl (C=O) groups is 1. The number of aryl methyl sites for hydroxylation is 1. The minimum Gasteiger partial charge on any atom is -0.453 e. The summed E-state index contributed by atoms with van der Waals surface area (Å²) in [7, 11) is 0. The fraction of sp³-hybridized carbons (Fsp3) is 0.0625. The molecule has 0 amide bonds. The van der Waals surface area contributed by atoms with Crippen molar-refractivity contribution in [3.63, 3.8) is 0 Å².